The average Bonchev–Trinajstić information content (AvgIpc) is 3.06. The van der Waals surface area contributed by atoms with E-state index in [0.717, 1.165) is 31.5 Å². The summed E-state index contributed by atoms with van der Waals surface area (Å²) in [4.78, 5) is 13.5. The topological polar surface area (TPSA) is 83.9 Å². The van der Waals surface area contributed by atoms with Gasteiger partial charge in [-0.15, -0.1) is 12.4 Å². The van der Waals surface area contributed by atoms with E-state index in [1.807, 2.05) is 6.07 Å². The number of halogens is 1. The van der Waals surface area contributed by atoms with Crippen LogP contribution in [-0.4, -0.2) is 50.6 Å². The lowest BCUT2D eigenvalue weighted by atomic mass is 9.74. The van der Waals surface area contributed by atoms with E-state index < -0.39 is 15.8 Å². The summed E-state index contributed by atoms with van der Waals surface area (Å²) >= 11 is 0. The lowest BCUT2D eigenvalue weighted by Crippen LogP contribution is -2.44. The Morgan fingerprint density at radius 2 is 1.76 bits per heavy atom. The van der Waals surface area contributed by atoms with Crippen LogP contribution in [0.4, 0.5) is 0 Å². The van der Waals surface area contributed by atoms with Crippen molar-refractivity contribution in [3.63, 3.8) is 0 Å². The molecule has 4 rings (SSSR count). The Morgan fingerprint density at radius 3 is 2.41 bits per heavy atom. The molecule has 1 saturated heterocycles. The number of benzene rings is 2. The Labute approximate surface area is 176 Å². The van der Waals surface area contributed by atoms with Crippen molar-refractivity contribution < 1.29 is 23.1 Å². The maximum absolute atomic E-state index is 12.9. The summed E-state index contributed by atoms with van der Waals surface area (Å²) in [6, 6.07) is 13.6. The molecule has 2 aromatic rings. The fraction of sp³-hybridized carbons (Fsp3) is 0.381. The molecule has 2 aliphatic heterocycles. The van der Waals surface area contributed by atoms with Gasteiger partial charge in [0, 0.05) is 17.5 Å². The van der Waals surface area contributed by atoms with Gasteiger partial charge in [-0.05, 0) is 50.2 Å². The molecule has 0 saturated carbocycles. The lowest BCUT2D eigenvalue weighted by Gasteiger charge is -2.38. The van der Waals surface area contributed by atoms with Crippen LogP contribution in [0.25, 0.3) is 0 Å². The van der Waals surface area contributed by atoms with E-state index in [0.29, 0.717) is 18.9 Å². The highest BCUT2D eigenvalue weighted by Crippen LogP contribution is 2.46. The molecule has 2 heterocycles. The SMILES string of the molecule is Cl.O=C(O)CCN1CCC2(CC1)COc1cc(S(=O)(=O)c3ccccc3)ccc12. The Balaban J connectivity index is 0.00000240. The van der Waals surface area contributed by atoms with Gasteiger partial charge in [-0.1, -0.05) is 24.3 Å². The molecule has 0 unspecified atom stereocenters. The fourth-order valence-electron chi connectivity index (χ4n) is 4.13. The van der Waals surface area contributed by atoms with Gasteiger partial charge in [0.15, 0.2) is 0 Å². The van der Waals surface area contributed by atoms with Gasteiger partial charge < -0.3 is 14.7 Å². The van der Waals surface area contributed by atoms with Gasteiger partial charge in [0.1, 0.15) is 5.75 Å². The minimum atomic E-state index is -3.57. The number of nitrogens with zero attached hydrogens (tertiary/aromatic N) is 1. The standard InChI is InChI=1S/C21H23NO5S.ClH/c23-20(24)8-11-22-12-9-21(10-13-22)15-27-19-14-17(6-7-18(19)21)28(25,26)16-4-2-1-3-5-16;/h1-7,14H,8-13,15H2,(H,23,24);1H. The van der Waals surface area contributed by atoms with Crippen LogP contribution in [-0.2, 0) is 20.0 Å². The lowest BCUT2D eigenvalue weighted by molar-refractivity contribution is -0.137. The predicted octanol–water partition coefficient (Wildman–Crippen LogP) is 3.14. The number of aliphatic carboxylic acids is 1. The monoisotopic (exact) mass is 437 g/mol. The van der Waals surface area contributed by atoms with Crippen molar-refractivity contribution in [2.75, 3.05) is 26.2 Å². The van der Waals surface area contributed by atoms with Gasteiger partial charge in [-0.3, -0.25) is 4.79 Å². The van der Waals surface area contributed by atoms with Crippen molar-refractivity contribution in [1.29, 1.82) is 0 Å². The summed E-state index contributed by atoms with van der Waals surface area (Å²) < 4.78 is 31.6. The summed E-state index contributed by atoms with van der Waals surface area (Å²) in [6.45, 7) is 2.75. The molecule has 2 aliphatic rings. The number of carbonyl (C=O) groups is 1. The first kappa shape index (κ1) is 21.6. The van der Waals surface area contributed by atoms with Crippen LogP contribution in [0.2, 0.25) is 0 Å². The Hall–Kier alpha value is -2.09. The summed E-state index contributed by atoms with van der Waals surface area (Å²) in [6.07, 6.45) is 1.91. The van der Waals surface area contributed by atoms with Gasteiger partial charge in [0.2, 0.25) is 9.84 Å². The number of carboxylic acid groups (broad SMARTS) is 1. The molecular formula is C21H24ClNO5S. The Morgan fingerprint density at radius 1 is 1.07 bits per heavy atom. The molecule has 29 heavy (non-hydrogen) atoms. The molecule has 1 spiro atoms. The quantitative estimate of drug-likeness (QED) is 0.773. The minimum absolute atomic E-state index is 0. The number of ether oxygens (including phenoxy) is 1. The van der Waals surface area contributed by atoms with Crippen LogP contribution >= 0.6 is 12.4 Å². The summed E-state index contributed by atoms with van der Waals surface area (Å²) in [5.41, 5.74) is 0.960. The van der Waals surface area contributed by atoms with Crippen LogP contribution in [0.3, 0.4) is 0 Å². The van der Waals surface area contributed by atoms with Crippen molar-refractivity contribution in [2.24, 2.45) is 0 Å². The van der Waals surface area contributed by atoms with E-state index in [2.05, 4.69) is 4.90 Å². The van der Waals surface area contributed by atoms with Crippen molar-refractivity contribution in [1.82, 2.24) is 4.90 Å². The Bertz CT molecular complexity index is 985. The third-order valence-electron chi connectivity index (χ3n) is 5.85. The fourth-order valence-corrected chi connectivity index (χ4v) is 5.43. The van der Waals surface area contributed by atoms with Gasteiger partial charge in [-0.2, -0.15) is 0 Å². The second-order valence-electron chi connectivity index (χ2n) is 7.53. The molecule has 1 fully saturated rings. The number of hydrogen-bond acceptors (Lipinski definition) is 5. The smallest absolute Gasteiger partial charge is 0.304 e. The minimum Gasteiger partial charge on any atom is -0.492 e. The van der Waals surface area contributed by atoms with Gasteiger partial charge in [-0.25, -0.2) is 8.42 Å². The van der Waals surface area contributed by atoms with Crippen LogP contribution in [0.5, 0.6) is 5.75 Å². The zero-order valence-electron chi connectivity index (χ0n) is 15.9. The molecule has 0 atom stereocenters. The first-order valence-electron chi connectivity index (χ1n) is 9.42. The van der Waals surface area contributed by atoms with Gasteiger partial charge >= 0.3 is 5.97 Å². The highest BCUT2D eigenvalue weighted by atomic mass is 35.5. The normalized spacial score (nSPS) is 17.9. The highest BCUT2D eigenvalue weighted by molar-refractivity contribution is 7.91. The molecule has 0 radical (unpaired) electrons. The molecule has 8 heteroatoms. The molecule has 156 valence electrons. The number of hydrogen-bond donors (Lipinski definition) is 1. The van der Waals surface area contributed by atoms with Crippen LogP contribution in [0.1, 0.15) is 24.8 Å². The van der Waals surface area contributed by atoms with E-state index in [1.54, 1.807) is 42.5 Å². The van der Waals surface area contributed by atoms with Crippen molar-refractivity contribution in [3.05, 3.63) is 54.1 Å². The molecular weight excluding hydrogens is 414 g/mol. The third kappa shape index (κ3) is 4.13. The summed E-state index contributed by atoms with van der Waals surface area (Å²) in [7, 11) is -3.57. The maximum Gasteiger partial charge on any atom is 0.304 e. The van der Waals surface area contributed by atoms with E-state index in [4.69, 9.17) is 9.84 Å². The molecule has 0 aliphatic carbocycles. The van der Waals surface area contributed by atoms with Crippen LogP contribution in [0, 0.1) is 0 Å². The van der Waals surface area contributed by atoms with E-state index in [1.165, 1.54) is 0 Å². The van der Waals surface area contributed by atoms with E-state index in [-0.39, 0.29) is 34.0 Å². The maximum atomic E-state index is 12.9. The molecule has 1 N–H and O–H groups in total. The van der Waals surface area contributed by atoms with E-state index in [9.17, 15) is 13.2 Å². The van der Waals surface area contributed by atoms with E-state index >= 15 is 0 Å². The molecule has 0 amide bonds. The number of likely N-dealkylation sites (tertiary alicyclic amines) is 1. The van der Waals surface area contributed by atoms with Gasteiger partial charge in [0.05, 0.1) is 22.8 Å². The van der Waals surface area contributed by atoms with Gasteiger partial charge in [0.25, 0.3) is 0 Å². The average molecular weight is 438 g/mol. The van der Waals surface area contributed by atoms with Crippen molar-refractivity contribution in [2.45, 2.75) is 34.5 Å². The molecule has 6 nitrogen and oxygen atoms in total. The number of carboxylic acids is 1. The molecule has 0 aromatic heterocycles. The predicted molar refractivity (Wildman–Crippen MR) is 111 cm³/mol. The van der Waals surface area contributed by atoms with Crippen LogP contribution in [0.15, 0.2) is 58.3 Å². The first-order chi connectivity index (χ1) is 13.4. The first-order valence-corrected chi connectivity index (χ1v) is 10.9. The molecule has 0 bridgehead atoms. The zero-order valence-corrected chi connectivity index (χ0v) is 17.5. The number of fused-ring (bicyclic) bond motifs is 2. The summed E-state index contributed by atoms with van der Waals surface area (Å²) in [5.74, 6) is -0.127. The highest BCUT2D eigenvalue weighted by Gasteiger charge is 2.43. The number of piperidine rings is 1. The second-order valence-corrected chi connectivity index (χ2v) is 9.48. The largest absolute Gasteiger partial charge is 0.492 e. The summed E-state index contributed by atoms with van der Waals surface area (Å²) in [5, 5.41) is 8.86. The van der Waals surface area contributed by atoms with Crippen LogP contribution < -0.4 is 4.74 Å². The second kappa shape index (κ2) is 8.34. The van der Waals surface area contributed by atoms with Crippen molar-refractivity contribution >= 4 is 28.2 Å². The number of rotatable bonds is 5. The van der Waals surface area contributed by atoms with Crippen molar-refractivity contribution in [3.8, 4) is 5.75 Å². The third-order valence-corrected chi connectivity index (χ3v) is 7.61. The number of sulfone groups is 1. The molecule has 2 aromatic carbocycles. The Kier molecular flexibility index (Phi) is 6.22. The zero-order chi connectivity index (χ0) is 19.8.